The molecule has 0 saturated carbocycles. The van der Waals surface area contributed by atoms with Gasteiger partial charge in [-0.1, -0.05) is 0 Å². The SMILES string of the molecule is COc1cc([N+](=O)[O-])c(C(F)(F)F)nc1OC(F)(F)F. The molecule has 1 aromatic rings. The van der Waals surface area contributed by atoms with Crippen LogP contribution in [-0.4, -0.2) is 23.4 Å². The van der Waals surface area contributed by atoms with Crippen LogP contribution in [0.4, 0.5) is 32.0 Å². The Bertz CT molecular complexity index is 527. The van der Waals surface area contributed by atoms with E-state index in [-0.39, 0.29) is 6.07 Å². The van der Waals surface area contributed by atoms with Crippen molar-refractivity contribution in [2.24, 2.45) is 0 Å². The summed E-state index contributed by atoms with van der Waals surface area (Å²) >= 11 is 0. The van der Waals surface area contributed by atoms with E-state index in [1.807, 2.05) is 0 Å². The van der Waals surface area contributed by atoms with Gasteiger partial charge in [-0.05, 0) is 0 Å². The minimum atomic E-state index is -5.33. The Morgan fingerprint density at radius 2 is 1.80 bits per heavy atom. The molecule has 0 aliphatic rings. The summed E-state index contributed by atoms with van der Waals surface area (Å²) in [7, 11) is 0.789. The van der Waals surface area contributed by atoms with Gasteiger partial charge in [-0.25, -0.2) is 0 Å². The fraction of sp³-hybridized carbons (Fsp3) is 0.375. The first-order valence-corrected chi connectivity index (χ1v) is 4.52. The van der Waals surface area contributed by atoms with Gasteiger partial charge in [-0.2, -0.15) is 18.2 Å². The Labute approximate surface area is 106 Å². The maximum Gasteiger partial charge on any atom is 0.574 e. The molecule has 0 spiro atoms. The van der Waals surface area contributed by atoms with Crippen LogP contribution < -0.4 is 9.47 Å². The molecule has 12 heteroatoms. The standard InChI is InChI=1S/C8H4F6N2O4/c1-19-4-2-3(16(17)18)5(7(9,10)11)15-6(4)20-8(12,13)14/h2H,1H3. The van der Waals surface area contributed by atoms with E-state index in [0.29, 0.717) is 0 Å². The molecule has 0 aliphatic carbocycles. The van der Waals surface area contributed by atoms with Crippen LogP contribution in [0.25, 0.3) is 0 Å². The van der Waals surface area contributed by atoms with Crippen LogP contribution in [-0.2, 0) is 6.18 Å². The lowest BCUT2D eigenvalue weighted by atomic mass is 10.2. The molecule has 112 valence electrons. The van der Waals surface area contributed by atoms with E-state index in [4.69, 9.17) is 0 Å². The average molecular weight is 306 g/mol. The number of hydrogen-bond donors (Lipinski definition) is 0. The van der Waals surface area contributed by atoms with Crippen LogP contribution >= 0.6 is 0 Å². The third kappa shape index (κ3) is 3.61. The highest BCUT2D eigenvalue weighted by Crippen LogP contribution is 2.41. The van der Waals surface area contributed by atoms with Gasteiger partial charge in [0.1, 0.15) is 0 Å². The van der Waals surface area contributed by atoms with Crippen LogP contribution in [0.3, 0.4) is 0 Å². The maximum absolute atomic E-state index is 12.5. The van der Waals surface area contributed by atoms with Gasteiger partial charge in [-0.15, -0.1) is 13.2 Å². The van der Waals surface area contributed by atoms with Gasteiger partial charge < -0.3 is 9.47 Å². The van der Waals surface area contributed by atoms with E-state index >= 15 is 0 Å². The molecule has 0 N–H and O–H groups in total. The normalized spacial score (nSPS) is 12.2. The second-order valence-corrected chi connectivity index (χ2v) is 3.17. The molecule has 0 aliphatic heterocycles. The fourth-order valence-corrected chi connectivity index (χ4v) is 1.14. The zero-order valence-electron chi connectivity index (χ0n) is 9.37. The Morgan fingerprint density at radius 1 is 1.25 bits per heavy atom. The number of hydrogen-bond acceptors (Lipinski definition) is 5. The molecule has 0 aromatic carbocycles. The summed E-state index contributed by atoms with van der Waals surface area (Å²) in [5.74, 6) is -2.53. The van der Waals surface area contributed by atoms with Crippen LogP contribution in [0, 0.1) is 10.1 Å². The summed E-state index contributed by atoms with van der Waals surface area (Å²) in [4.78, 5) is 11.5. The number of nitro groups is 1. The van der Waals surface area contributed by atoms with E-state index in [0.717, 1.165) is 7.11 Å². The predicted molar refractivity (Wildman–Crippen MR) is 49.1 cm³/mol. The lowest BCUT2D eigenvalue weighted by molar-refractivity contribution is -0.388. The average Bonchev–Trinajstić information content (AvgIpc) is 2.24. The zero-order chi connectivity index (χ0) is 15.7. The highest BCUT2D eigenvalue weighted by molar-refractivity contribution is 5.48. The van der Waals surface area contributed by atoms with Crippen molar-refractivity contribution in [1.82, 2.24) is 4.98 Å². The highest BCUT2D eigenvalue weighted by atomic mass is 19.4. The molecule has 0 fully saturated rings. The van der Waals surface area contributed by atoms with Gasteiger partial charge in [-0.3, -0.25) is 10.1 Å². The number of halogens is 6. The van der Waals surface area contributed by atoms with Crippen molar-refractivity contribution in [3.05, 3.63) is 21.9 Å². The van der Waals surface area contributed by atoms with Gasteiger partial charge in [0, 0.05) is 0 Å². The first kappa shape index (κ1) is 15.8. The van der Waals surface area contributed by atoms with Crippen molar-refractivity contribution in [2.45, 2.75) is 12.5 Å². The molecule has 0 bridgehead atoms. The molecule has 1 rings (SSSR count). The smallest absolute Gasteiger partial charge is 0.491 e. The number of rotatable bonds is 3. The topological polar surface area (TPSA) is 74.5 Å². The van der Waals surface area contributed by atoms with E-state index in [2.05, 4.69) is 14.5 Å². The Hall–Kier alpha value is -2.27. The first-order chi connectivity index (χ1) is 8.95. The minimum absolute atomic E-state index is 0.150. The molecular weight excluding hydrogens is 302 g/mol. The van der Waals surface area contributed by atoms with Crippen molar-refractivity contribution >= 4 is 5.69 Å². The second kappa shape index (κ2) is 5.02. The molecular formula is C8H4F6N2O4. The van der Waals surface area contributed by atoms with Crippen molar-refractivity contribution in [2.75, 3.05) is 7.11 Å². The largest absolute Gasteiger partial charge is 0.574 e. The van der Waals surface area contributed by atoms with Crippen LogP contribution in [0.2, 0.25) is 0 Å². The summed E-state index contributed by atoms with van der Waals surface area (Å²) in [6.45, 7) is 0. The summed E-state index contributed by atoms with van der Waals surface area (Å²) in [5.41, 5.74) is -3.67. The molecule has 20 heavy (non-hydrogen) atoms. The number of methoxy groups -OCH3 is 1. The monoisotopic (exact) mass is 306 g/mol. The van der Waals surface area contributed by atoms with Crippen LogP contribution in [0.1, 0.15) is 5.69 Å². The number of aromatic nitrogens is 1. The molecule has 0 unspecified atom stereocenters. The highest BCUT2D eigenvalue weighted by Gasteiger charge is 2.43. The quantitative estimate of drug-likeness (QED) is 0.487. The Balaban J connectivity index is 3.50. The molecule has 0 radical (unpaired) electrons. The van der Waals surface area contributed by atoms with Crippen molar-refractivity contribution < 1.29 is 40.7 Å². The Morgan fingerprint density at radius 3 is 2.15 bits per heavy atom. The van der Waals surface area contributed by atoms with Gasteiger partial charge in [0.05, 0.1) is 18.1 Å². The lowest BCUT2D eigenvalue weighted by Gasteiger charge is -2.13. The van der Waals surface area contributed by atoms with Gasteiger partial charge in [0.25, 0.3) is 5.88 Å². The number of nitrogens with zero attached hydrogens (tertiary/aromatic N) is 2. The third-order valence-electron chi connectivity index (χ3n) is 1.83. The van der Waals surface area contributed by atoms with Crippen LogP contribution in [0.5, 0.6) is 11.6 Å². The second-order valence-electron chi connectivity index (χ2n) is 3.17. The van der Waals surface area contributed by atoms with Crippen LogP contribution in [0.15, 0.2) is 6.07 Å². The van der Waals surface area contributed by atoms with Gasteiger partial charge in [0.15, 0.2) is 5.75 Å². The molecule has 0 saturated heterocycles. The third-order valence-corrected chi connectivity index (χ3v) is 1.83. The summed E-state index contributed by atoms with van der Waals surface area (Å²) in [5, 5.41) is 10.5. The number of alkyl halides is 6. The van der Waals surface area contributed by atoms with Crippen molar-refractivity contribution in [1.29, 1.82) is 0 Å². The molecule has 0 atom stereocenters. The zero-order valence-corrected chi connectivity index (χ0v) is 9.37. The summed E-state index contributed by atoms with van der Waals surface area (Å²) in [6.07, 6.45) is -10.7. The fourth-order valence-electron chi connectivity index (χ4n) is 1.14. The molecule has 1 heterocycles. The number of pyridine rings is 1. The van der Waals surface area contributed by atoms with E-state index < -0.39 is 40.5 Å². The van der Waals surface area contributed by atoms with E-state index in [1.165, 1.54) is 0 Å². The lowest BCUT2D eigenvalue weighted by Crippen LogP contribution is -2.20. The van der Waals surface area contributed by atoms with Crippen molar-refractivity contribution in [3.63, 3.8) is 0 Å². The predicted octanol–water partition coefficient (Wildman–Crippen LogP) is 2.92. The Kier molecular flexibility index (Phi) is 3.96. The van der Waals surface area contributed by atoms with Crippen molar-refractivity contribution in [3.8, 4) is 11.6 Å². The van der Waals surface area contributed by atoms with Gasteiger partial charge in [0.2, 0.25) is 5.69 Å². The van der Waals surface area contributed by atoms with E-state index in [1.54, 1.807) is 0 Å². The molecule has 6 nitrogen and oxygen atoms in total. The summed E-state index contributed by atoms with van der Waals surface area (Å²) < 4.78 is 81.1. The first-order valence-electron chi connectivity index (χ1n) is 4.52. The maximum atomic E-state index is 12.5. The minimum Gasteiger partial charge on any atom is -0.491 e. The summed E-state index contributed by atoms with van der Waals surface area (Å²) in [6, 6.07) is 0.150. The number of ether oxygens (including phenoxy) is 2. The molecule has 1 aromatic heterocycles. The van der Waals surface area contributed by atoms with Gasteiger partial charge >= 0.3 is 18.2 Å². The molecule has 0 amide bonds. The van der Waals surface area contributed by atoms with E-state index in [9.17, 15) is 36.5 Å².